The average molecular weight is 327 g/mol. The van der Waals surface area contributed by atoms with Gasteiger partial charge in [0.2, 0.25) is 11.8 Å². The van der Waals surface area contributed by atoms with E-state index in [9.17, 15) is 14.4 Å². The molecule has 0 aromatic rings. The molecule has 3 amide bonds. The SMILES string of the molecule is CCN(CCCNC(=O)[C@@H]1CC(=O)N(C)C1)C(=O)OC(C)(C)C. The molecule has 1 fully saturated rings. The molecule has 0 spiro atoms. The minimum atomic E-state index is -0.514. The molecule has 1 atom stereocenters. The van der Waals surface area contributed by atoms with Crippen molar-refractivity contribution in [1.82, 2.24) is 15.1 Å². The first kappa shape index (κ1) is 19.3. The fourth-order valence-electron chi connectivity index (χ4n) is 2.37. The number of hydrogen-bond acceptors (Lipinski definition) is 4. The number of hydrogen-bond donors (Lipinski definition) is 1. The molecule has 1 heterocycles. The summed E-state index contributed by atoms with van der Waals surface area (Å²) in [5, 5.41) is 2.84. The third-order valence-corrected chi connectivity index (χ3v) is 3.65. The Bertz CT molecular complexity index is 445. The smallest absolute Gasteiger partial charge is 0.410 e. The summed E-state index contributed by atoms with van der Waals surface area (Å²) in [6.45, 7) is 9.43. The number of nitrogens with one attached hydrogen (secondary N) is 1. The molecule has 0 radical (unpaired) electrons. The molecule has 0 aromatic heterocycles. The first-order valence-corrected chi connectivity index (χ1v) is 8.13. The third kappa shape index (κ3) is 6.46. The van der Waals surface area contributed by atoms with Crippen molar-refractivity contribution in [3.05, 3.63) is 0 Å². The van der Waals surface area contributed by atoms with Gasteiger partial charge in [-0.25, -0.2) is 4.79 Å². The van der Waals surface area contributed by atoms with Crippen LogP contribution in [0.1, 0.15) is 40.5 Å². The third-order valence-electron chi connectivity index (χ3n) is 3.65. The highest BCUT2D eigenvalue weighted by Crippen LogP contribution is 2.15. The summed E-state index contributed by atoms with van der Waals surface area (Å²) in [5.74, 6) is -0.351. The minimum Gasteiger partial charge on any atom is -0.444 e. The first-order chi connectivity index (χ1) is 10.6. The number of rotatable bonds is 6. The van der Waals surface area contributed by atoms with Crippen molar-refractivity contribution in [3.8, 4) is 0 Å². The number of ether oxygens (including phenoxy) is 1. The molecule has 0 unspecified atom stereocenters. The van der Waals surface area contributed by atoms with Crippen LogP contribution in [0, 0.1) is 5.92 Å². The molecule has 1 N–H and O–H groups in total. The normalized spacial score (nSPS) is 18.0. The van der Waals surface area contributed by atoms with Gasteiger partial charge in [0.15, 0.2) is 0 Å². The predicted octanol–water partition coefficient (Wildman–Crippen LogP) is 1.23. The molecule has 7 heteroatoms. The summed E-state index contributed by atoms with van der Waals surface area (Å²) < 4.78 is 5.33. The lowest BCUT2D eigenvalue weighted by Gasteiger charge is -2.26. The Kier molecular flexibility index (Phi) is 6.84. The zero-order chi connectivity index (χ0) is 17.6. The number of likely N-dealkylation sites (tertiary alicyclic amines) is 1. The van der Waals surface area contributed by atoms with Crippen LogP contribution in [0.15, 0.2) is 0 Å². The number of carbonyl (C=O) groups is 3. The van der Waals surface area contributed by atoms with Crippen molar-refractivity contribution in [2.75, 3.05) is 33.2 Å². The zero-order valence-electron chi connectivity index (χ0n) is 14.8. The van der Waals surface area contributed by atoms with Gasteiger partial charge in [-0.2, -0.15) is 0 Å². The van der Waals surface area contributed by atoms with Crippen LogP contribution in [0.4, 0.5) is 4.79 Å². The van der Waals surface area contributed by atoms with Crippen molar-refractivity contribution in [2.24, 2.45) is 5.92 Å². The Hall–Kier alpha value is -1.79. The lowest BCUT2D eigenvalue weighted by atomic mass is 10.1. The molecule has 0 bridgehead atoms. The fraction of sp³-hybridized carbons (Fsp3) is 0.812. The van der Waals surface area contributed by atoms with E-state index in [2.05, 4.69) is 5.32 Å². The highest BCUT2D eigenvalue weighted by molar-refractivity contribution is 5.89. The predicted molar refractivity (Wildman–Crippen MR) is 86.9 cm³/mol. The standard InChI is InChI=1S/C16H29N3O4/c1-6-19(15(22)23-16(2,3)4)9-7-8-17-14(21)12-10-13(20)18(5)11-12/h12H,6-11H2,1-5H3,(H,17,21)/t12-/m1/s1. The van der Waals surface area contributed by atoms with Gasteiger partial charge in [-0.05, 0) is 34.1 Å². The maximum Gasteiger partial charge on any atom is 0.410 e. The minimum absolute atomic E-state index is 0.00670. The van der Waals surface area contributed by atoms with Crippen LogP contribution in [0.2, 0.25) is 0 Å². The Morgan fingerprint density at radius 1 is 1.39 bits per heavy atom. The zero-order valence-corrected chi connectivity index (χ0v) is 14.8. The maximum atomic E-state index is 12.0. The van der Waals surface area contributed by atoms with E-state index in [0.29, 0.717) is 32.6 Å². The van der Waals surface area contributed by atoms with Crippen LogP contribution in [-0.2, 0) is 14.3 Å². The van der Waals surface area contributed by atoms with Crippen molar-refractivity contribution >= 4 is 17.9 Å². The van der Waals surface area contributed by atoms with E-state index < -0.39 is 5.60 Å². The van der Waals surface area contributed by atoms with Crippen LogP contribution in [0.25, 0.3) is 0 Å². The Morgan fingerprint density at radius 2 is 2.04 bits per heavy atom. The summed E-state index contributed by atoms with van der Waals surface area (Å²) in [5.41, 5.74) is -0.514. The quantitative estimate of drug-likeness (QED) is 0.744. The van der Waals surface area contributed by atoms with E-state index in [1.165, 1.54) is 0 Å². The van der Waals surface area contributed by atoms with Crippen molar-refractivity contribution in [3.63, 3.8) is 0 Å². The lowest BCUT2D eigenvalue weighted by molar-refractivity contribution is -0.128. The lowest BCUT2D eigenvalue weighted by Crippen LogP contribution is -2.39. The highest BCUT2D eigenvalue weighted by atomic mass is 16.6. The van der Waals surface area contributed by atoms with Crippen molar-refractivity contribution in [2.45, 2.75) is 46.1 Å². The van der Waals surface area contributed by atoms with E-state index in [-0.39, 0.29) is 30.2 Å². The second-order valence-corrected chi connectivity index (χ2v) is 6.88. The molecule has 0 saturated carbocycles. The van der Waals surface area contributed by atoms with E-state index >= 15 is 0 Å². The average Bonchev–Trinajstić information content (AvgIpc) is 2.76. The Labute approximate surface area is 138 Å². The monoisotopic (exact) mass is 327 g/mol. The van der Waals surface area contributed by atoms with Gasteiger partial charge in [0.25, 0.3) is 0 Å². The fourth-order valence-corrected chi connectivity index (χ4v) is 2.37. The van der Waals surface area contributed by atoms with Gasteiger partial charge >= 0.3 is 6.09 Å². The molecule has 1 saturated heterocycles. The van der Waals surface area contributed by atoms with Crippen LogP contribution >= 0.6 is 0 Å². The second-order valence-electron chi connectivity index (χ2n) is 6.88. The molecule has 7 nitrogen and oxygen atoms in total. The summed E-state index contributed by atoms with van der Waals surface area (Å²) >= 11 is 0. The van der Waals surface area contributed by atoms with Crippen LogP contribution in [0.5, 0.6) is 0 Å². The van der Waals surface area contributed by atoms with Crippen molar-refractivity contribution in [1.29, 1.82) is 0 Å². The van der Waals surface area contributed by atoms with E-state index in [4.69, 9.17) is 4.74 Å². The Morgan fingerprint density at radius 3 is 2.52 bits per heavy atom. The summed E-state index contributed by atoms with van der Waals surface area (Å²) in [7, 11) is 1.70. The summed E-state index contributed by atoms with van der Waals surface area (Å²) in [4.78, 5) is 38.6. The topological polar surface area (TPSA) is 79.0 Å². The molecule has 1 aliphatic rings. The van der Waals surface area contributed by atoms with Gasteiger partial charge in [0, 0.05) is 39.6 Å². The molecular formula is C16H29N3O4. The van der Waals surface area contributed by atoms with Crippen LogP contribution < -0.4 is 5.32 Å². The molecular weight excluding hydrogens is 298 g/mol. The largest absolute Gasteiger partial charge is 0.444 e. The van der Waals surface area contributed by atoms with E-state index in [1.807, 2.05) is 27.7 Å². The molecule has 132 valence electrons. The van der Waals surface area contributed by atoms with E-state index in [0.717, 1.165) is 0 Å². The summed E-state index contributed by atoms with van der Waals surface area (Å²) in [6, 6.07) is 0. The molecule has 1 aliphatic heterocycles. The van der Waals surface area contributed by atoms with Gasteiger partial charge in [0.05, 0.1) is 5.92 Å². The van der Waals surface area contributed by atoms with Crippen LogP contribution in [0.3, 0.4) is 0 Å². The highest BCUT2D eigenvalue weighted by Gasteiger charge is 2.31. The molecule has 23 heavy (non-hydrogen) atoms. The van der Waals surface area contributed by atoms with E-state index in [1.54, 1.807) is 16.8 Å². The first-order valence-electron chi connectivity index (χ1n) is 8.13. The number of nitrogens with zero attached hydrogens (tertiary/aromatic N) is 2. The van der Waals surface area contributed by atoms with Crippen LogP contribution in [-0.4, -0.2) is 66.5 Å². The molecule has 0 aliphatic carbocycles. The van der Waals surface area contributed by atoms with Crippen molar-refractivity contribution < 1.29 is 19.1 Å². The van der Waals surface area contributed by atoms with Gasteiger partial charge in [-0.1, -0.05) is 0 Å². The van der Waals surface area contributed by atoms with Gasteiger partial charge in [-0.3, -0.25) is 9.59 Å². The number of carbonyl (C=O) groups excluding carboxylic acids is 3. The maximum absolute atomic E-state index is 12.0. The molecule has 1 rings (SSSR count). The number of amides is 3. The Balaban J connectivity index is 2.28. The van der Waals surface area contributed by atoms with Gasteiger partial charge in [0.1, 0.15) is 5.60 Å². The summed E-state index contributed by atoms with van der Waals surface area (Å²) in [6.07, 6.45) is 0.589. The van der Waals surface area contributed by atoms with Gasteiger partial charge < -0.3 is 19.9 Å². The second kappa shape index (κ2) is 8.17. The molecule has 0 aromatic carbocycles. The van der Waals surface area contributed by atoms with Gasteiger partial charge in [-0.15, -0.1) is 0 Å².